The highest BCUT2D eigenvalue weighted by Crippen LogP contribution is 2.15. The summed E-state index contributed by atoms with van der Waals surface area (Å²) in [5.74, 6) is 0.897. The van der Waals surface area contributed by atoms with Crippen LogP contribution in [0.1, 0.15) is 90.0 Å². The summed E-state index contributed by atoms with van der Waals surface area (Å²) in [6, 6.07) is 8.47. The minimum Gasteiger partial charge on any atom is -0.491 e. The number of rotatable bonds is 32. The lowest BCUT2D eigenvalue weighted by Gasteiger charge is -2.09. The Morgan fingerprint density at radius 1 is 0.375 bits per heavy atom. The van der Waals surface area contributed by atoms with Gasteiger partial charge in [0.05, 0.1) is 72.7 Å². The van der Waals surface area contributed by atoms with E-state index < -0.39 is 0 Å². The first-order valence-electron chi connectivity index (χ1n) is 16.0. The van der Waals surface area contributed by atoms with Gasteiger partial charge in [0.2, 0.25) is 0 Å². The maximum Gasteiger partial charge on any atom is 0.119 e. The number of hydrogen-bond acceptors (Lipinski definition) is 7. The van der Waals surface area contributed by atoms with Crippen LogP contribution in [-0.2, 0) is 34.8 Å². The van der Waals surface area contributed by atoms with Crippen molar-refractivity contribution in [1.82, 2.24) is 0 Å². The standard InChI is InChI=1S/C33H60O7/c1-3-5-7-9-10-12-14-32-15-17-33(18-16-32)40-31-30-39-29-28-38-27-26-37-25-24-36-23-22-35-21-20-34-19-13-11-8-6-4-2/h15-18H,3-14,19-31H2,1-2H3. The second-order valence-corrected chi connectivity index (χ2v) is 10.1. The van der Waals surface area contributed by atoms with E-state index in [1.807, 2.05) is 0 Å². The normalized spacial score (nSPS) is 11.3. The minimum absolute atomic E-state index is 0.540. The molecule has 0 saturated heterocycles. The van der Waals surface area contributed by atoms with Crippen LogP contribution in [0.5, 0.6) is 5.75 Å². The van der Waals surface area contributed by atoms with Gasteiger partial charge in [-0.25, -0.2) is 0 Å². The molecule has 0 N–H and O–H groups in total. The Kier molecular flexibility index (Phi) is 28.3. The Bertz CT molecular complexity index is 611. The predicted octanol–water partition coefficient (Wildman–Crippen LogP) is 7.04. The first-order chi connectivity index (χ1) is 19.9. The number of unbranched alkanes of at least 4 members (excludes halogenated alkanes) is 9. The van der Waals surface area contributed by atoms with E-state index in [1.54, 1.807) is 0 Å². The molecule has 0 bridgehead atoms. The van der Waals surface area contributed by atoms with Crippen molar-refractivity contribution in [2.24, 2.45) is 0 Å². The van der Waals surface area contributed by atoms with Crippen LogP contribution in [0, 0.1) is 0 Å². The number of ether oxygens (including phenoxy) is 7. The molecule has 1 aromatic carbocycles. The number of aryl methyl sites for hydroxylation is 1. The van der Waals surface area contributed by atoms with E-state index in [0.29, 0.717) is 79.3 Å². The summed E-state index contributed by atoms with van der Waals surface area (Å²) in [6.07, 6.45) is 15.5. The van der Waals surface area contributed by atoms with E-state index >= 15 is 0 Å². The molecule has 1 aromatic rings. The summed E-state index contributed by atoms with van der Waals surface area (Å²) >= 11 is 0. The van der Waals surface area contributed by atoms with Crippen molar-refractivity contribution in [3.05, 3.63) is 29.8 Å². The summed E-state index contributed by atoms with van der Waals surface area (Å²) < 4.78 is 39.0. The molecule has 234 valence electrons. The molecule has 0 heterocycles. The van der Waals surface area contributed by atoms with Crippen molar-refractivity contribution in [1.29, 1.82) is 0 Å². The lowest BCUT2D eigenvalue weighted by Crippen LogP contribution is -2.14. The largest absolute Gasteiger partial charge is 0.491 e. The van der Waals surface area contributed by atoms with Crippen LogP contribution in [0.3, 0.4) is 0 Å². The smallest absolute Gasteiger partial charge is 0.119 e. The molecule has 1 rings (SSSR count). The van der Waals surface area contributed by atoms with Crippen molar-refractivity contribution >= 4 is 0 Å². The quantitative estimate of drug-likeness (QED) is 0.0864. The molecule has 0 fully saturated rings. The fourth-order valence-electron chi connectivity index (χ4n) is 4.09. The molecular weight excluding hydrogens is 508 g/mol. The number of hydrogen-bond donors (Lipinski definition) is 0. The Morgan fingerprint density at radius 3 is 1.23 bits per heavy atom. The average Bonchev–Trinajstić information content (AvgIpc) is 2.98. The molecule has 0 aliphatic heterocycles. The first kappa shape index (κ1) is 36.8. The van der Waals surface area contributed by atoms with Crippen LogP contribution in [0.2, 0.25) is 0 Å². The van der Waals surface area contributed by atoms with Crippen molar-refractivity contribution in [2.75, 3.05) is 85.9 Å². The fourth-order valence-corrected chi connectivity index (χ4v) is 4.09. The van der Waals surface area contributed by atoms with Gasteiger partial charge in [0.1, 0.15) is 12.4 Å². The molecule has 0 aliphatic carbocycles. The van der Waals surface area contributed by atoms with E-state index in [1.165, 1.54) is 69.8 Å². The van der Waals surface area contributed by atoms with Crippen LogP contribution < -0.4 is 4.74 Å². The summed E-state index contributed by atoms with van der Waals surface area (Å²) in [7, 11) is 0. The number of benzene rings is 1. The Balaban J connectivity index is 1.74. The predicted molar refractivity (Wildman–Crippen MR) is 163 cm³/mol. The van der Waals surface area contributed by atoms with E-state index in [9.17, 15) is 0 Å². The first-order valence-corrected chi connectivity index (χ1v) is 16.0. The molecule has 0 amide bonds. The zero-order valence-electron chi connectivity index (χ0n) is 25.8. The van der Waals surface area contributed by atoms with E-state index in [2.05, 4.69) is 38.1 Å². The highest BCUT2D eigenvalue weighted by molar-refractivity contribution is 5.27. The van der Waals surface area contributed by atoms with Gasteiger partial charge in [-0.2, -0.15) is 0 Å². The van der Waals surface area contributed by atoms with E-state index in [-0.39, 0.29) is 0 Å². The van der Waals surface area contributed by atoms with Crippen LogP contribution in [0.25, 0.3) is 0 Å². The van der Waals surface area contributed by atoms with Crippen LogP contribution in [-0.4, -0.2) is 85.9 Å². The fraction of sp³-hybridized carbons (Fsp3) is 0.818. The highest BCUT2D eigenvalue weighted by Gasteiger charge is 1.98. The minimum atomic E-state index is 0.540. The molecule has 0 saturated carbocycles. The second kappa shape index (κ2) is 30.7. The molecule has 40 heavy (non-hydrogen) atoms. The van der Waals surface area contributed by atoms with Crippen LogP contribution in [0.15, 0.2) is 24.3 Å². The van der Waals surface area contributed by atoms with Gasteiger partial charge in [-0.3, -0.25) is 0 Å². The van der Waals surface area contributed by atoms with Crippen molar-refractivity contribution in [3.8, 4) is 5.75 Å². The molecule has 0 atom stereocenters. The van der Waals surface area contributed by atoms with Gasteiger partial charge in [-0.1, -0.05) is 83.8 Å². The topological polar surface area (TPSA) is 64.6 Å². The molecule has 0 unspecified atom stereocenters. The molecule has 0 aliphatic rings. The van der Waals surface area contributed by atoms with Gasteiger partial charge in [-0.05, 0) is 37.0 Å². The molecule has 0 radical (unpaired) electrons. The average molecular weight is 569 g/mol. The lowest BCUT2D eigenvalue weighted by molar-refractivity contribution is -0.0179. The van der Waals surface area contributed by atoms with Crippen LogP contribution >= 0.6 is 0 Å². The van der Waals surface area contributed by atoms with Gasteiger partial charge in [0.15, 0.2) is 0 Å². The third kappa shape index (κ3) is 25.7. The molecule has 0 aromatic heterocycles. The third-order valence-electron chi connectivity index (χ3n) is 6.49. The molecule has 0 spiro atoms. The van der Waals surface area contributed by atoms with E-state index in [4.69, 9.17) is 33.2 Å². The van der Waals surface area contributed by atoms with Gasteiger partial charge >= 0.3 is 0 Å². The molecule has 7 heteroatoms. The summed E-state index contributed by atoms with van der Waals surface area (Å²) in [6.45, 7) is 12.2. The highest BCUT2D eigenvalue weighted by atomic mass is 16.6. The Labute approximate surface area is 245 Å². The van der Waals surface area contributed by atoms with Gasteiger partial charge in [0.25, 0.3) is 0 Å². The maximum absolute atomic E-state index is 5.77. The van der Waals surface area contributed by atoms with Crippen LogP contribution in [0.4, 0.5) is 0 Å². The lowest BCUT2D eigenvalue weighted by atomic mass is 10.0. The van der Waals surface area contributed by atoms with Crippen molar-refractivity contribution < 1.29 is 33.2 Å². The zero-order chi connectivity index (χ0) is 28.6. The SMILES string of the molecule is CCCCCCCCc1ccc(OCCOCCOCCOCCOCCOCCOCCCCCCC)cc1. The summed E-state index contributed by atoms with van der Waals surface area (Å²) in [4.78, 5) is 0. The summed E-state index contributed by atoms with van der Waals surface area (Å²) in [5.41, 5.74) is 1.39. The second-order valence-electron chi connectivity index (χ2n) is 10.1. The van der Waals surface area contributed by atoms with Crippen molar-refractivity contribution in [3.63, 3.8) is 0 Å². The van der Waals surface area contributed by atoms with Crippen molar-refractivity contribution in [2.45, 2.75) is 90.9 Å². The Hall–Kier alpha value is -1.22. The maximum atomic E-state index is 5.77. The summed E-state index contributed by atoms with van der Waals surface area (Å²) in [5, 5.41) is 0. The van der Waals surface area contributed by atoms with E-state index in [0.717, 1.165) is 25.2 Å². The van der Waals surface area contributed by atoms with Gasteiger partial charge in [-0.15, -0.1) is 0 Å². The molecular formula is C33H60O7. The van der Waals surface area contributed by atoms with Gasteiger partial charge in [0, 0.05) is 6.61 Å². The van der Waals surface area contributed by atoms with Gasteiger partial charge < -0.3 is 33.2 Å². The Morgan fingerprint density at radius 2 is 0.750 bits per heavy atom. The monoisotopic (exact) mass is 568 g/mol. The zero-order valence-corrected chi connectivity index (χ0v) is 25.8. The third-order valence-corrected chi connectivity index (χ3v) is 6.49. The molecule has 7 nitrogen and oxygen atoms in total.